The number of carbonyl (C=O) groups is 1. The number of amides is 1. The highest BCUT2D eigenvalue weighted by molar-refractivity contribution is 7.12. The van der Waals surface area contributed by atoms with Crippen LogP contribution < -0.4 is 24.3 Å². The summed E-state index contributed by atoms with van der Waals surface area (Å²) in [7, 11) is 4.78. The molecule has 0 aliphatic carbocycles. The van der Waals surface area contributed by atoms with Gasteiger partial charge in [-0.3, -0.25) is 4.79 Å². The average Bonchev–Trinajstić information content (AvgIpc) is 3.49. The summed E-state index contributed by atoms with van der Waals surface area (Å²) in [5.41, 5.74) is 2.38. The van der Waals surface area contributed by atoms with Crippen LogP contribution >= 0.6 is 11.3 Å². The minimum absolute atomic E-state index is 0.148. The number of aromatic nitrogens is 3. The maximum Gasteiger partial charge on any atom is 0.263 e. The van der Waals surface area contributed by atoms with Gasteiger partial charge in [-0.15, -0.1) is 11.3 Å². The number of hydrogen-bond acceptors (Lipinski definition) is 8. The number of benzene rings is 2. The molecule has 34 heavy (non-hydrogen) atoms. The van der Waals surface area contributed by atoms with Gasteiger partial charge in [0.05, 0.1) is 32.7 Å². The molecule has 0 aliphatic heterocycles. The summed E-state index contributed by atoms with van der Waals surface area (Å²) in [6.45, 7) is 1.70. The number of carbonyl (C=O) groups excluding carboxylic acids is 1. The van der Waals surface area contributed by atoms with E-state index in [1.165, 1.54) is 11.3 Å². The molecule has 0 atom stereocenters. The molecule has 4 aromatic rings. The Labute approximate surface area is 200 Å². The first-order valence-corrected chi connectivity index (χ1v) is 11.2. The van der Waals surface area contributed by atoms with Crippen molar-refractivity contribution >= 4 is 23.1 Å². The monoisotopic (exact) mass is 480 g/mol. The molecule has 0 saturated heterocycles. The molecular weight excluding hydrogens is 456 g/mol. The molecule has 1 amide bonds. The van der Waals surface area contributed by atoms with Crippen molar-refractivity contribution in [1.82, 2.24) is 14.8 Å². The topological polar surface area (TPSA) is 96.7 Å². The van der Waals surface area contributed by atoms with Crippen molar-refractivity contribution in [2.45, 2.75) is 6.92 Å². The normalized spacial score (nSPS) is 10.6. The summed E-state index contributed by atoms with van der Waals surface area (Å²) in [6, 6.07) is 14.4. The lowest BCUT2D eigenvalue weighted by molar-refractivity contribution is -0.118. The smallest absolute Gasteiger partial charge is 0.263 e. The van der Waals surface area contributed by atoms with Crippen LogP contribution in [0, 0.1) is 6.92 Å². The van der Waals surface area contributed by atoms with Crippen LogP contribution in [-0.2, 0) is 4.79 Å². The molecule has 0 bridgehead atoms. The molecule has 0 aliphatic rings. The van der Waals surface area contributed by atoms with Crippen LogP contribution in [0.25, 0.3) is 16.4 Å². The van der Waals surface area contributed by atoms with Crippen LogP contribution in [0.5, 0.6) is 23.0 Å². The number of nitrogens with one attached hydrogen (secondary N) is 1. The number of nitrogens with zero attached hydrogens (tertiary/aromatic N) is 3. The van der Waals surface area contributed by atoms with Gasteiger partial charge in [0, 0.05) is 17.0 Å². The van der Waals surface area contributed by atoms with Crippen molar-refractivity contribution in [3.05, 3.63) is 59.6 Å². The molecule has 0 fully saturated rings. The van der Waals surface area contributed by atoms with E-state index in [1.54, 1.807) is 56.3 Å². The molecular formula is C24H24N4O5S. The third-order valence-electron chi connectivity index (χ3n) is 4.88. The van der Waals surface area contributed by atoms with Crippen molar-refractivity contribution in [2.75, 3.05) is 33.3 Å². The van der Waals surface area contributed by atoms with E-state index in [-0.39, 0.29) is 12.5 Å². The molecule has 0 saturated carbocycles. The molecule has 10 heteroatoms. The van der Waals surface area contributed by atoms with Crippen LogP contribution in [0.3, 0.4) is 0 Å². The maximum atomic E-state index is 12.5. The highest BCUT2D eigenvalue weighted by Gasteiger charge is 2.16. The Morgan fingerprint density at radius 3 is 2.41 bits per heavy atom. The summed E-state index contributed by atoms with van der Waals surface area (Å²) in [4.78, 5) is 17.2. The second-order valence-electron chi connectivity index (χ2n) is 7.18. The first kappa shape index (κ1) is 23.1. The first-order chi connectivity index (χ1) is 16.5. The van der Waals surface area contributed by atoms with Gasteiger partial charge < -0.3 is 24.3 Å². The van der Waals surface area contributed by atoms with E-state index in [9.17, 15) is 4.79 Å². The van der Waals surface area contributed by atoms with Gasteiger partial charge >= 0.3 is 0 Å². The fourth-order valence-corrected chi connectivity index (χ4v) is 4.02. The Bertz CT molecular complexity index is 1280. The predicted octanol–water partition coefficient (Wildman–Crippen LogP) is 4.35. The zero-order valence-electron chi connectivity index (χ0n) is 19.2. The fourth-order valence-electron chi connectivity index (χ4n) is 3.22. The lowest BCUT2D eigenvalue weighted by atomic mass is 10.1. The summed E-state index contributed by atoms with van der Waals surface area (Å²) in [5, 5.41) is 9.87. The second-order valence-corrected chi connectivity index (χ2v) is 8.02. The summed E-state index contributed by atoms with van der Waals surface area (Å²) >= 11 is 1.41. The van der Waals surface area contributed by atoms with Gasteiger partial charge in [-0.25, -0.2) is 4.98 Å². The number of rotatable bonds is 9. The number of anilines is 1. The van der Waals surface area contributed by atoms with E-state index in [4.69, 9.17) is 23.9 Å². The largest absolute Gasteiger partial charge is 0.497 e. The predicted molar refractivity (Wildman–Crippen MR) is 130 cm³/mol. The Morgan fingerprint density at radius 2 is 1.71 bits per heavy atom. The van der Waals surface area contributed by atoms with Gasteiger partial charge in [-0.2, -0.15) is 9.78 Å². The van der Waals surface area contributed by atoms with Crippen LogP contribution in [0.4, 0.5) is 5.82 Å². The number of aryl methyl sites for hydroxylation is 1. The maximum absolute atomic E-state index is 12.5. The molecule has 4 rings (SSSR count). The zero-order chi connectivity index (χ0) is 24.1. The number of hydrogen-bond donors (Lipinski definition) is 1. The van der Waals surface area contributed by atoms with Gasteiger partial charge in [-0.05, 0) is 49.4 Å². The van der Waals surface area contributed by atoms with E-state index in [1.807, 2.05) is 30.5 Å². The van der Waals surface area contributed by atoms with Crippen LogP contribution in [0.1, 0.15) is 5.69 Å². The third-order valence-corrected chi connectivity index (χ3v) is 5.70. The van der Waals surface area contributed by atoms with E-state index in [0.29, 0.717) is 33.9 Å². The Hall–Kier alpha value is -4.05. The SMILES string of the molecule is COc1ccc(OCC(=O)Nc2cc(C)nn2-c2nc(-c3ccc(OC)c(OC)c3)cs2)cc1. The van der Waals surface area contributed by atoms with E-state index in [2.05, 4.69) is 10.4 Å². The lowest BCUT2D eigenvalue weighted by Crippen LogP contribution is -2.21. The van der Waals surface area contributed by atoms with E-state index in [0.717, 1.165) is 17.0 Å². The average molecular weight is 481 g/mol. The molecule has 2 aromatic heterocycles. The molecule has 0 spiro atoms. The van der Waals surface area contributed by atoms with Crippen LogP contribution in [0.2, 0.25) is 0 Å². The molecule has 2 aromatic carbocycles. The van der Waals surface area contributed by atoms with Gasteiger partial charge in [0.1, 0.15) is 17.3 Å². The van der Waals surface area contributed by atoms with Crippen LogP contribution in [-0.4, -0.2) is 48.6 Å². The minimum Gasteiger partial charge on any atom is -0.497 e. The van der Waals surface area contributed by atoms with Gasteiger partial charge in [-0.1, -0.05) is 0 Å². The molecule has 176 valence electrons. The zero-order valence-corrected chi connectivity index (χ0v) is 20.0. The van der Waals surface area contributed by atoms with Gasteiger partial charge in [0.2, 0.25) is 5.13 Å². The van der Waals surface area contributed by atoms with Gasteiger partial charge in [0.15, 0.2) is 18.1 Å². The molecule has 0 radical (unpaired) electrons. The van der Waals surface area contributed by atoms with E-state index >= 15 is 0 Å². The summed E-state index contributed by atoms with van der Waals surface area (Å²) in [6.07, 6.45) is 0. The lowest BCUT2D eigenvalue weighted by Gasteiger charge is -2.09. The number of thiazole rings is 1. The Balaban J connectivity index is 1.48. The number of methoxy groups -OCH3 is 3. The molecule has 2 heterocycles. The fraction of sp³-hybridized carbons (Fsp3) is 0.208. The quantitative estimate of drug-likeness (QED) is 0.380. The highest BCUT2D eigenvalue weighted by atomic mass is 32.1. The minimum atomic E-state index is -0.311. The molecule has 1 N–H and O–H groups in total. The van der Waals surface area contributed by atoms with Crippen molar-refractivity contribution in [3.8, 4) is 39.4 Å². The van der Waals surface area contributed by atoms with E-state index < -0.39 is 0 Å². The third kappa shape index (κ3) is 5.12. The van der Waals surface area contributed by atoms with Gasteiger partial charge in [0.25, 0.3) is 5.91 Å². The van der Waals surface area contributed by atoms with Crippen molar-refractivity contribution in [2.24, 2.45) is 0 Å². The van der Waals surface area contributed by atoms with Crippen molar-refractivity contribution in [3.63, 3.8) is 0 Å². The Morgan fingerprint density at radius 1 is 0.971 bits per heavy atom. The van der Waals surface area contributed by atoms with Crippen molar-refractivity contribution in [1.29, 1.82) is 0 Å². The molecule has 9 nitrogen and oxygen atoms in total. The Kier molecular flexibility index (Phi) is 6.98. The first-order valence-electron chi connectivity index (χ1n) is 10.3. The summed E-state index contributed by atoms with van der Waals surface area (Å²) in [5.74, 6) is 2.75. The number of ether oxygens (including phenoxy) is 4. The highest BCUT2D eigenvalue weighted by Crippen LogP contribution is 2.33. The second kappa shape index (κ2) is 10.3. The standard InChI is InChI=1S/C24H24N4O5S/c1-15-11-22(26-23(29)13-33-18-8-6-17(30-2)7-9-18)28(27-15)24-25-19(14-34-24)16-5-10-20(31-3)21(12-16)32-4/h5-12,14H,13H2,1-4H3,(H,26,29). The molecule has 0 unspecified atom stereocenters. The van der Waals surface area contributed by atoms with Crippen molar-refractivity contribution < 1.29 is 23.7 Å². The van der Waals surface area contributed by atoms with Crippen LogP contribution in [0.15, 0.2) is 53.9 Å². The summed E-state index contributed by atoms with van der Waals surface area (Å²) < 4.78 is 23.0.